The van der Waals surface area contributed by atoms with Crippen LogP contribution in [0.1, 0.15) is 15.9 Å². The first-order valence-corrected chi connectivity index (χ1v) is 4.69. The van der Waals surface area contributed by atoms with E-state index in [1.165, 1.54) is 0 Å². The average Bonchev–Trinajstić information content (AvgIpc) is 2.24. The Bertz CT molecular complexity index is 515. The predicted molar refractivity (Wildman–Crippen MR) is 54.4 cm³/mol. The summed E-state index contributed by atoms with van der Waals surface area (Å²) in [5.41, 5.74) is -3.32. The molecule has 0 saturated carbocycles. The zero-order valence-corrected chi connectivity index (χ0v) is 9.50. The maximum absolute atomic E-state index is 12.6. The van der Waals surface area contributed by atoms with Gasteiger partial charge in [0.15, 0.2) is 5.56 Å². The summed E-state index contributed by atoms with van der Waals surface area (Å²) in [4.78, 5) is 20.4. The van der Waals surface area contributed by atoms with Gasteiger partial charge in [-0.05, 0) is 6.07 Å². The standard InChI is InChI=1S/C9H5ClF3NO4/c1-18-8(15)4-2-5(10)7(9(11,12)13)6(3-4)14(16)17/h2-3H,1H3. The lowest BCUT2D eigenvalue weighted by Crippen LogP contribution is -2.12. The lowest BCUT2D eigenvalue weighted by Gasteiger charge is -2.10. The van der Waals surface area contributed by atoms with E-state index in [1.807, 2.05) is 0 Å². The van der Waals surface area contributed by atoms with Crippen molar-refractivity contribution in [3.63, 3.8) is 0 Å². The van der Waals surface area contributed by atoms with Crippen LogP contribution in [0, 0.1) is 10.1 Å². The second-order valence-electron chi connectivity index (χ2n) is 3.10. The molecule has 0 amide bonds. The van der Waals surface area contributed by atoms with Crippen molar-refractivity contribution in [2.24, 2.45) is 0 Å². The van der Waals surface area contributed by atoms with E-state index in [-0.39, 0.29) is 0 Å². The fraction of sp³-hybridized carbons (Fsp3) is 0.222. The zero-order chi connectivity index (χ0) is 14.1. The number of halogens is 4. The van der Waals surface area contributed by atoms with Crippen LogP contribution in [0.2, 0.25) is 5.02 Å². The van der Waals surface area contributed by atoms with Crippen molar-refractivity contribution >= 4 is 23.3 Å². The highest BCUT2D eigenvalue weighted by atomic mass is 35.5. The minimum absolute atomic E-state index is 0.429. The van der Waals surface area contributed by atoms with Crippen LogP contribution in [0.25, 0.3) is 0 Å². The molecule has 0 radical (unpaired) electrons. The Balaban J connectivity index is 3.56. The molecule has 0 atom stereocenters. The SMILES string of the molecule is COC(=O)c1cc(Cl)c(C(F)(F)F)c([N+](=O)[O-])c1. The van der Waals surface area contributed by atoms with Crippen molar-refractivity contribution in [1.82, 2.24) is 0 Å². The molecular weight excluding hydrogens is 279 g/mol. The molecule has 0 heterocycles. The molecule has 0 spiro atoms. The Hall–Kier alpha value is -1.83. The summed E-state index contributed by atoms with van der Waals surface area (Å²) in [7, 11) is 0.986. The molecule has 0 aromatic heterocycles. The molecule has 0 aliphatic rings. The van der Waals surface area contributed by atoms with E-state index >= 15 is 0 Å². The molecule has 0 aliphatic heterocycles. The van der Waals surface area contributed by atoms with Crippen LogP contribution in [0.3, 0.4) is 0 Å². The van der Waals surface area contributed by atoms with Crippen molar-refractivity contribution in [3.8, 4) is 0 Å². The van der Waals surface area contributed by atoms with Gasteiger partial charge in [-0.15, -0.1) is 0 Å². The number of alkyl halides is 3. The summed E-state index contributed by atoms with van der Waals surface area (Å²) < 4.78 is 42.0. The highest BCUT2D eigenvalue weighted by Gasteiger charge is 2.41. The van der Waals surface area contributed by atoms with Crippen molar-refractivity contribution in [3.05, 3.63) is 38.4 Å². The maximum atomic E-state index is 12.6. The third-order valence-electron chi connectivity index (χ3n) is 1.97. The van der Waals surface area contributed by atoms with Crippen molar-refractivity contribution in [2.45, 2.75) is 6.18 Å². The number of rotatable bonds is 2. The lowest BCUT2D eigenvalue weighted by molar-refractivity contribution is -0.388. The van der Waals surface area contributed by atoms with E-state index in [0.717, 1.165) is 7.11 Å². The van der Waals surface area contributed by atoms with Gasteiger partial charge in [-0.25, -0.2) is 4.79 Å². The Kier molecular flexibility index (Phi) is 3.80. The summed E-state index contributed by atoms with van der Waals surface area (Å²) >= 11 is 5.33. The smallest absolute Gasteiger partial charge is 0.424 e. The van der Waals surface area contributed by atoms with E-state index in [9.17, 15) is 28.1 Å². The van der Waals surface area contributed by atoms with Crippen LogP contribution in [0.15, 0.2) is 12.1 Å². The third kappa shape index (κ3) is 2.70. The van der Waals surface area contributed by atoms with Gasteiger partial charge >= 0.3 is 12.1 Å². The first kappa shape index (κ1) is 14.2. The molecule has 9 heteroatoms. The van der Waals surface area contributed by atoms with Gasteiger partial charge in [-0.3, -0.25) is 10.1 Å². The Morgan fingerprint density at radius 2 is 2.00 bits per heavy atom. The fourth-order valence-electron chi connectivity index (χ4n) is 1.25. The number of benzene rings is 1. The Morgan fingerprint density at radius 3 is 2.39 bits per heavy atom. The van der Waals surface area contributed by atoms with Crippen molar-refractivity contribution in [2.75, 3.05) is 7.11 Å². The van der Waals surface area contributed by atoms with Crippen LogP contribution in [0.4, 0.5) is 18.9 Å². The molecule has 1 rings (SSSR count). The number of methoxy groups -OCH3 is 1. The van der Waals surface area contributed by atoms with Gasteiger partial charge in [0.1, 0.15) is 0 Å². The van der Waals surface area contributed by atoms with Gasteiger partial charge in [-0.2, -0.15) is 13.2 Å². The number of hydrogen-bond acceptors (Lipinski definition) is 4. The Labute approximate surface area is 103 Å². The zero-order valence-electron chi connectivity index (χ0n) is 8.75. The first-order valence-electron chi connectivity index (χ1n) is 4.32. The highest BCUT2D eigenvalue weighted by molar-refractivity contribution is 6.32. The van der Waals surface area contributed by atoms with Crippen LogP contribution >= 0.6 is 11.6 Å². The number of nitro benzene ring substituents is 1. The summed E-state index contributed by atoms with van der Waals surface area (Å²) in [6, 6.07) is 1.14. The van der Waals surface area contributed by atoms with Gasteiger partial charge in [-0.1, -0.05) is 11.6 Å². The summed E-state index contributed by atoms with van der Waals surface area (Å²) in [6.07, 6.45) is -4.99. The molecule has 0 unspecified atom stereocenters. The van der Waals surface area contributed by atoms with Crippen LogP contribution < -0.4 is 0 Å². The van der Waals surface area contributed by atoms with Crippen molar-refractivity contribution in [1.29, 1.82) is 0 Å². The number of carbonyl (C=O) groups is 1. The number of carbonyl (C=O) groups excluding carboxylic acids is 1. The number of esters is 1. The second kappa shape index (κ2) is 4.81. The quantitative estimate of drug-likeness (QED) is 0.475. The van der Waals surface area contributed by atoms with Crippen LogP contribution in [-0.4, -0.2) is 18.0 Å². The fourth-order valence-corrected chi connectivity index (χ4v) is 1.57. The van der Waals surface area contributed by atoms with Gasteiger partial charge < -0.3 is 4.74 Å². The van der Waals surface area contributed by atoms with Gasteiger partial charge in [0, 0.05) is 6.07 Å². The van der Waals surface area contributed by atoms with Gasteiger partial charge in [0.25, 0.3) is 5.69 Å². The van der Waals surface area contributed by atoms with Crippen LogP contribution in [-0.2, 0) is 10.9 Å². The minimum Gasteiger partial charge on any atom is -0.465 e. The third-order valence-corrected chi connectivity index (χ3v) is 2.27. The molecule has 0 bridgehead atoms. The van der Waals surface area contributed by atoms with E-state index in [1.54, 1.807) is 0 Å². The minimum atomic E-state index is -4.99. The maximum Gasteiger partial charge on any atom is 0.424 e. The van der Waals surface area contributed by atoms with E-state index in [0.29, 0.717) is 12.1 Å². The number of nitrogens with zero attached hydrogens (tertiary/aromatic N) is 1. The molecule has 0 fully saturated rings. The molecule has 1 aromatic carbocycles. The topological polar surface area (TPSA) is 69.4 Å². The summed E-state index contributed by atoms with van der Waals surface area (Å²) in [5, 5.41) is 9.65. The molecule has 0 N–H and O–H groups in total. The number of nitro groups is 1. The summed E-state index contributed by atoms with van der Waals surface area (Å²) in [5.74, 6) is -1.02. The predicted octanol–water partition coefficient (Wildman–Crippen LogP) is 3.05. The summed E-state index contributed by atoms with van der Waals surface area (Å²) in [6.45, 7) is 0. The van der Waals surface area contributed by atoms with Gasteiger partial charge in [0.2, 0.25) is 0 Å². The second-order valence-corrected chi connectivity index (χ2v) is 3.51. The molecule has 1 aromatic rings. The average molecular weight is 284 g/mol. The van der Waals surface area contributed by atoms with E-state index in [4.69, 9.17) is 11.6 Å². The van der Waals surface area contributed by atoms with Crippen molar-refractivity contribution < 1.29 is 27.6 Å². The molecule has 5 nitrogen and oxygen atoms in total. The molecule has 18 heavy (non-hydrogen) atoms. The first-order chi connectivity index (χ1) is 8.18. The van der Waals surface area contributed by atoms with E-state index < -0.39 is 38.9 Å². The Morgan fingerprint density at radius 1 is 1.44 bits per heavy atom. The molecule has 98 valence electrons. The van der Waals surface area contributed by atoms with Crippen LogP contribution in [0.5, 0.6) is 0 Å². The highest BCUT2D eigenvalue weighted by Crippen LogP contribution is 2.41. The normalized spacial score (nSPS) is 11.2. The van der Waals surface area contributed by atoms with E-state index in [2.05, 4.69) is 4.74 Å². The monoisotopic (exact) mass is 283 g/mol. The lowest BCUT2D eigenvalue weighted by atomic mass is 10.1. The molecule has 0 aliphatic carbocycles. The van der Waals surface area contributed by atoms with Gasteiger partial charge in [0.05, 0.1) is 22.6 Å². The largest absolute Gasteiger partial charge is 0.465 e. The number of hydrogen-bond donors (Lipinski definition) is 0. The molecular formula is C9H5ClF3NO4. The number of ether oxygens (including phenoxy) is 1. The molecule has 0 saturated heterocycles.